The van der Waals surface area contributed by atoms with E-state index in [1.807, 2.05) is 20.8 Å². The highest BCUT2D eigenvalue weighted by Gasteiger charge is 2.35. The number of ether oxygens (including phenoxy) is 1. The van der Waals surface area contributed by atoms with E-state index < -0.39 is 10.0 Å². The first kappa shape index (κ1) is 20.5. The number of hydrogen-bond acceptors (Lipinski definition) is 5. The number of hydrogen-bond donors (Lipinski definition) is 0. The lowest BCUT2D eigenvalue weighted by Crippen LogP contribution is -2.38. The van der Waals surface area contributed by atoms with Crippen molar-refractivity contribution in [2.75, 3.05) is 26.8 Å². The van der Waals surface area contributed by atoms with Crippen LogP contribution >= 0.6 is 0 Å². The molecule has 0 N–H and O–H groups in total. The van der Waals surface area contributed by atoms with Crippen LogP contribution in [0, 0.1) is 0 Å². The van der Waals surface area contributed by atoms with Crippen LogP contribution in [0.4, 0.5) is 0 Å². The number of imidazole rings is 1. The minimum atomic E-state index is -3.73. The van der Waals surface area contributed by atoms with Gasteiger partial charge in [0.2, 0.25) is 10.0 Å². The van der Waals surface area contributed by atoms with Crippen molar-refractivity contribution in [3.8, 4) is 5.69 Å². The van der Waals surface area contributed by atoms with Gasteiger partial charge in [-0.2, -0.15) is 4.31 Å². The molecule has 0 fully saturated rings. The fraction of sp³-hybridized carbons (Fsp3) is 0.474. The molecule has 0 radical (unpaired) electrons. The van der Waals surface area contributed by atoms with Crippen LogP contribution in [0.3, 0.4) is 0 Å². The molecule has 0 unspecified atom stereocenters. The van der Waals surface area contributed by atoms with Crippen molar-refractivity contribution >= 4 is 15.9 Å². The van der Waals surface area contributed by atoms with Crippen molar-refractivity contribution in [2.24, 2.45) is 0 Å². The maximum absolute atomic E-state index is 13.2. The molecule has 1 aromatic heterocycles. The topological polar surface area (TPSA) is 84.7 Å². The van der Waals surface area contributed by atoms with Crippen LogP contribution in [0.15, 0.2) is 35.5 Å². The molecule has 1 amide bonds. The standard InChI is InChI=1S/C19H26N4O4S/c1-5-22(14(2)3)19(24)18-16-12-21(10-11-27-4)28(25,26)17-9-7-6-8-15(17)23(16)13-20-18/h6-9,13-14H,5,10-12H2,1-4H3. The van der Waals surface area contributed by atoms with Gasteiger partial charge in [0.25, 0.3) is 5.91 Å². The van der Waals surface area contributed by atoms with Crippen LogP contribution in [-0.4, -0.2) is 65.9 Å². The van der Waals surface area contributed by atoms with E-state index in [2.05, 4.69) is 4.98 Å². The number of fused-ring (bicyclic) bond motifs is 3. The first-order chi connectivity index (χ1) is 13.3. The smallest absolute Gasteiger partial charge is 0.274 e. The predicted molar refractivity (Wildman–Crippen MR) is 105 cm³/mol. The van der Waals surface area contributed by atoms with E-state index in [1.54, 1.807) is 33.7 Å². The molecular formula is C19H26N4O4S. The highest BCUT2D eigenvalue weighted by molar-refractivity contribution is 7.89. The number of carbonyl (C=O) groups excluding carboxylic acids is 1. The number of rotatable bonds is 6. The van der Waals surface area contributed by atoms with Crippen molar-refractivity contribution in [3.05, 3.63) is 42.0 Å². The van der Waals surface area contributed by atoms with Crippen molar-refractivity contribution in [1.82, 2.24) is 18.8 Å². The van der Waals surface area contributed by atoms with Crippen molar-refractivity contribution < 1.29 is 17.9 Å². The highest BCUT2D eigenvalue weighted by Crippen LogP contribution is 2.31. The van der Waals surface area contributed by atoms with Crippen LogP contribution < -0.4 is 0 Å². The third-order valence-corrected chi connectivity index (χ3v) is 6.80. The van der Waals surface area contributed by atoms with E-state index in [4.69, 9.17) is 4.74 Å². The minimum Gasteiger partial charge on any atom is -0.383 e. The second-order valence-electron chi connectivity index (χ2n) is 6.89. The lowest BCUT2D eigenvalue weighted by Gasteiger charge is -2.25. The number of carbonyl (C=O) groups is 1. The normalized spacial score (nSPS) is 15.8. The van der Waals surface area contributed by atoms with E-state index in [9.17, 15) is 13.2 Å². The van der Waals surface area contributed by atoms with Gasteiger partial charge in [-0.1, -0.05) is 12.1 Å². The van der Waals surface area contributed by atoms with Crippen LogP contribution in [0.1, 0.15) is 37.0 Å². The van der Waals surface area contributed by atoms with Crippen LogP contribution in [0.25, 0.3) is 5.69 Å². The summed E-state index contributed by atoms with van der Waals surface area (Å²) in [5, 5.41) is 0. The molecule has 0 saturated carbocycles. The van der Waals surface area contributed by atoms with Gasteiger partial charge in [0.1, 0.15) is 11.2 Å². The number of sulfonamides is 1. The predicted octanol–water partition coefficient (Wildman–Crippen LogP) is 1.89. The largest absolute Gasteiger partial charge is 0.383 e. The molecule has 3 rings (SSSR count). The first-order valence-corrected chi connectivity index (χ1v) is 10.7. The molecule has 152 valence electrons. The Bertz CT molecular complexity index is 968. The summed E-state index contributed by atoms with van der Waals surface area (Å²) >= 11 is 0. The van der Waals surface area contributed by atoms with Gasteiger partial charge < -0.3 is 9.64 Å². The van der Waals surface area contributed by atoms with Gasteiger partial charge in [-0.3, -0.25) is 9.36 Å². The lowest BCUT2D eigenvalue weighted by molar-refractivity contribution is 0.0709. The Balaban J connectivity index is 2.17. The van der Waals surface area contributed by atoms with Crippen molar-refractivity contribution in [3.63, 3.8) is 0 Å². The number of benzene rings is 1. The van der Waals surface area contributed by atoms with Crippen molar-refractivity contribution in [2.45, 2.75) is 38.3 Å². The third kappa shape index (κ3) is 3.45. The molecule has 8 nitrogen and oxygen atoms in total. The number of aromatic nitrogens is 2. The fourth-order valence-electron chi connectivity index (χ4n) is 3.45. The molecule has 1 aliphatic rings. The molecule has 0 saturated heterocycles. The monoisotopic (exact) mass is 406 g/mol. The molecule has 2 heterocycles. The van der Waals surface area contributed by atoms with Crippen LogP contribution in [0.5, 0.6) is 0 Å². The molecule has 1 aliphatic heterocycles. The average Bonchev–Trinajstić information content (AvgIpc) is 3.05. The summed E-state index contributed by atoms with van der Waals surface area (Å²) in [6, 6.07) is 6.79. The molecule has 1 aromatic carbocycles. The number of amides is 1. The van der Waals surface area contributed by atoms with Crippen molar-refractivity contribution in [1.29, 1.82) is 0 Å². The van der Waals surface area contributed by atoms with Gasteiger partial charge in [0, 0.05) is 26.2 Å². The zero-order chi connectivity index (χ0) is 20.5. The Morgan fingerprint density at radius 2 is 2.04 bits per heavy atom. The Morgan fingerprint density at radius 1 is 1.32 bits per heavy atom. The first-order valence-electron chi connectivity index (χ1n) is 9.28. The zero-order valence-electron chi connectivity index (χ0n) is 16.6. The van der Waals surface area contributed by atoms with Gasteiger partial charge in [0.05, 0.1) is 24.5 Å². The molecular weight excluding hydrogens is 380 g/mol. The van der Waals surface area contributed by atoms with Gasteiger partial charge in [0.15, 0.2) is 5.69 Å². The number of methoxy groups -OCH3 is 1. The van der Waals surface area contributed by atoms with Gasteiger partial charge in [-0.05, 0) is 32.9 Å². The second-order valence-corrected chi connectivity index (χ2v) is 8.80. The van der Waals surface area contributed by atoms with Gasteiger partial charge in [-0.25, -0.2) is 13.4 Å². The summed E-state index contributed by atoms with van der Waals surface area (Å²) < 4.78 is 34.6. The zero-order valence-corrected chi connectivity index (χ0v) is 17.4. The quantitative estimate of drug-likeness (QED) is 0.731. The molecule has 0 spiro atoms. The maximum atomic E-state index is 13.2. The summed E-state index contributed by atoms with van der Waals surface area (Å²) in [5.41, 5.74) is 1.34. The highest BCUT2D eigenvalue weighted by atomic mass is 32.2. The lowest BCUT2D eigenvalue weighted by atomic mass is 10.2. The van der Waals surface area contributed by atoms with E-state index in [0.29, 0.717) is 17.9 Å². The SMILES string of the molecule is CCN(C(=O)c1ncn2c1CN(CCOC)S(=O)(=O)c1ccccc1-2)C(C)C. The van der Waals surface area contributed by atoms with E-state index in [0.717, 1.165) is 0 Å². The molecule has 28 heavy (non-hydrogen) atoms. The summed E-state index contributed by atoms with van der Waals surface area (Å²) in [6.07, 6.45) is 1.53. The maximum Gasteiger partial charge on any atom is 0.274 e. The van der Waals surface area contributed by atoms with E-state index >= 15 is 0 Å². The van der Waals surface area contributed by atoms with E-state index in [1.165, 1.54) is 17.7 Å². The van der Waals surface area contributed by atoms with Crippen LogP contribution in [-0.2, 0) is 21.3 Å². The summed E-state index contributed by atoms with van der Waals surface area (Å²) in [6.45, 7) is 6.85. The molecule has 0 atom stereocenters. The molecule has 0 aliphatic carbocycles. The Kier molecular flexibility index (Phi) is 5.87. The molecule has 9 heteroatoms. The Hall–Kier alpha value is -2.23. The molecule has 2 aromatic rings. The van der Waals surface area contributed by atoms with Gasteiger partial charge in [-0.15, -0.1) is 0 Å². The summed E-state index contributed by atoms with van der Waals surface area (Å²) in [7, 11) is -2.21. The Labute approximate surface area is 165 Å². The second kappa shape index (κ2) is 8.02. The number of nitrogens with zero attached hydrogens (tertiary/aromatic N) is 4. The average molecular weight is 407 g/mol. The minimum absolute atomic E-state index is 0.0150. The third-order valence-electron chi connectivity index (χ3n) is 4.91. The van der Waals surface area contributed by atoms with E-state index in [-0.39, 0.29) is 42.2 Å². The summed E-state index contributed by atoms with van der Waals surface area (Å²) in [5.74, 6) is -0.199. The molecule has 0 bridgehead atoms. The number of para-hydroxylation sites is 1. The van der Waals surface area contributed by atoms with Gasteiger partial charge >= 0.3 is 0 Å². The summed E-state index contributed by atoms with van der Waals surface area (Å²) in [4.78, 5) is 19.4. The van der Waals surface area contributed by atoms with Crippen LogP contribution in [0.2, 0.25) is 0 Å². The fourth-order valence-corrected chi connectivity index (χ4v) is 5.01. The Morgan fingerprint density at radius 3 is 2.68 bits per heavy atom.